The summed E-state index contributed by atoms with van der Waals surface area (Å²) in [5.41, 5.74) is 12.1. The maximum atomic E-state index is 5.80. The molecule has 0 aromatic heterocycles. The van der Waals surface area contributed by atoms with Crippen LogP contribution in [-0.4, -0.2) is 36.6 Å². The van der Waals surface area contributed by atoms with Crippen molar-refractivity contribution in [2.75, 3.05) is 26.2 Å². The Bertz CT molecular complexity index is 169. The molecule has 0 unspecified atom stereocenters. The van der Waals surface area contributed by atoms with Crippen LogP contribution in [0.25, 0.3) is 0 Å². The average Bonchev–Trinajstić information content (AvgIpc) is 2.16. The molecule has 1 saturated heterocycles. The predicted molar refractivity (Wildman–Crippen MR) is 61.1 cm³/mol. The highest BCUT2D eigenvalue weighted by Crippen LogP contribution is 2.31. The molecule has 1 heterocycles. The standard InChI is InChI=1S/C11H25N3/c1-10(2,3)14-6-4-11(8-12,9-13)5-7-14/h4-9,12-13H2,1-3H3. The highest BCUT2D eigenvalue weighted by Gasteiger charge is 2.35. The van der Waals surface area contributed by atoms with E-state index in [2.05, 4.69) is 25.7 Å². The molecule has 0 spiro atoms. The summed E-state index contributed by atoms with van der Waals surface area (Å²) in [4.78, 5) is 2.52. The van der Waals surface area contributed by atoms with Gasteiger partial charge in [0.05, 0.1) is 0 Å². The lowest BCUT2D eigenvalue weighted by Crippen LogP contribution is -2.52. The van der Waals surface area contributed by atoms with Crippen LogP contribution in [0.15, 0.2) is 0 Å². The topological polar surface area (TPSA) is 55.3 Å². The van der Waals surface area contributed by atoms with E-state index in [1.54, 1.807) is 0 Å². The molecule has 0 aliphatic carbocycles. The van der Waals surface area contributed by atoms with Crippen molar-refractivity contribution in [3.8, 4) is 0 Å². The second-order valence-electron chi connectivity index (χ2n) is 5.57. The van der Waals surface area contributed by atoms with Gasteiger partial charge in [-0.3, -0.25) is 4.90 Å². The summed E-state index contributed by atoms with van der Waals surface area (Å²) in [6.07, 6.45) is 2.30. The van der Waals surface area contributed by atoms with Gasteiger partial charge < -0.3 is 11.5 Å². The van der Waals surface area contributed by atoms with Crippen molar-refractivity contribution in [1.82, 2.24) is 4.90 Å². The molecule has 3 nitrogen and oxygen atoms in total. The minimum atomic E-state index is 0.224. The predicted octanol–water partition coefficient (Wildman–Crippen LogP) is 0.785. The molecule has 1 fully saturated rings. The summed E-state index contributed by atoms with van der Waals surface area (Å²) < 4.78 is 0. The molecule has 0 amide bonds. The van der Waals surface area contributed by atoms with Gasteiger partial charge in [0, 0.05) is 5.54 Å². The molecule has 1 rings (SSSR count). The van der Waals surface area contributed by atoms with Gasteiger partial charge in [-0.2, -0.15) is 0 Å². The van der Waals surface area contributed by atoms with E-state index in [1.807, 2.05) is 0 Å². The minimum absolute atomic E-state index is 0.224. The Morgan fingerprint density at radius 3 is 1.79 bits per heavy atom. The quantitative estimate of drug-likeness (QED) is 0.691. The zero-order chi connectivity index (χ0) is 10.8. The van der Waals surface area contributed by atoms with E-state index >= 15 is 0 Å². The lowest BCUT2D eigenvalue weighted by Gasteiger charge is -2.45. The van der Waals surface area contributed by atoms with Crippen LogP contribution in [0.3, 0.4) is 0 Å². The number of rotatable bonds is 2. The molecule has 0 saturated carbocycles. The van der Waals surface area contributed by atoms with E-state index in [0.717, 1.165) is 39.0 Å². The van der Waals surface area contributed by atoms with Crippen molar-refractivity contribution in [1.29, 1.82) is 0 Å². The first-order chi connectivity index (χ1) is 6.43. The summed E-state index contributed by atoms with van der Waals surface area (Å²) in [6, 6.07) is 0. The number of piperidine rings is 1. The van der Waals surface area contributed by atoms with Crippen LogP contribution in [0.2, 0.25) is 0 Å². The highest BCUT2D eigenvalue weighted by atomic mass is 15.2. The zero-order valence-electron chi connectivity index (χ0n) is 9.84. The SMILES string of the molecule is CC(C)(C)N1CCC(CN)(CN)CC1. The smallest absolute Gasteiger partial charge is 0.0125 e. The van der Waals surface area contributed by atoms with Crippen molar-refractivity contribution < 1.29 is 0 Å². The molecule has 1 aliphatic rings. The van der Waals surface area contributed by atoms with Crippen molar-refractivity contribution >= 4 is 0 Å². The average molecular weight is 199 g/mol. The van der Waals surface area contributed by atoms with E-state index < -0.39 is 0 Å². The van der Waals surface area contributed by atoms with Crippen molar-refractivity contribution in [2.24, 2.45) is 16.9 Å². The van der Waals surface area contributed by atoms with E-state index in [1.165, 1.54) is 0 Å². The first kappa shape index (κ1) is 12.0. The van der Waals surface area contributed by atoms with E-state index in [-0.39, 0.29) is 11.0 Å². The van der Waals surface area contributed by atoms with Crippen LogP contribution in [0.4, 0.5) is 0 Å². The maximum Gasteiger partial charge on any atom is 0.0125 e. The Labute approximate surface area is 87.8 Å². The fourth-order valence-corrected chi connectivity index (χ4v) is 2.14. The van der Waals surface area contributed by atoms with Crippen LogP contribution in [0.1, 0.15) is 33.6 Å². The Kier molecular flexibility index (Phi) is 3.56. The Morgan fingerprint density at radius 2 is 1.50 bits per heavy atom. The van der Waals surface area contributed by atoms with Gasteiger partial charge in [-0.1, -0.05) is 0 Å². The first-order valence-electron chi connectivity index (χ1n) is 5.59. The number of hydrogen-bond acceptors (Lipinski definition) is 3. The van der Waals surface area contributed by atoms with Crippen LogP contribution >= 0.6 is 0 Å². The number of nitrogens with zero attached hydrogens (tertiary/aromatic N) is 1. The van der Waals surface area contributed by atoms with Crippen LogP contribution in [-0.2, 0) is 0 Å². The van der Waals surface area contributed by atoms with Gasteiger partial charge in [-0.25, -0.2) is 0 Å². The Hall–Kier alpha value is -0.120. The molecular weight excluding hydrogens is 174 g/mol. The van der Waals surface area contributed by atoms with Crippen molar-refractivity contribution in [3.05, 3.63) is 0 Å². The Morgan fingerprint density at radius 1 is 1.07 bits per heavy atom. The van der Waals surface area contributed by atoms with Gasteiger partial charge in [0.15, 0.2) is 0 Å². The fourth-order valence-electron chi connectivity index (χ4n) is 2.14. The molecule has 4 N–H and O–H groups in total. The lowest BCUT2D eigenvalue weighted by molar-refractivity contribution is 0.0502. The molecule has 84 valence electrons. The lowest BCUT2D eigenvalue weighted by atomic mass is 9.77. The highest BCUT2D eigenvalue weighted by molar-refractivity contribution is 4.91. The molecule has 0 atom stereocenters. The largest absolute Gasteiger partial charge is 0.330 e. The monoisotopic (exact) mass is 199 g/mol. The van der Waals surface area contributed by atoms with Gasteiger partial charge in [0.2, 0.25) is 0 Å². The second-order valence-corrected chi connectivity index (χ2v) is 5.57. The van der Waals surface area contributed by atoms with Gasteiger partial charge in [-0.15, -0.1) is 0 Å². The fraction of sp³-hybridized carbons (Fsp3) is 1.00. The zero-order valence-corrected chi connectivity index (χ0v) is 9.84. The summed E-state index contributed by atoms with van der Waals surface area (Å²) in [6.45, 7) is 10.6. The second kappa shape index (κ2) is 4.17. The summed E-state index contributed by atoms with van der Waals surface area (Å²) in [5.74, 6) is 0. The molecule has 1 aliphatic heterocycles. The number of likely N-dealkylation sites (tertiary alicyclic amines) is 1. The molecule has 0 bridgehead atoms. The van der Waals surface area contributed by atoms with Crippen LogP contribution < -0.4 is 11.5 Å². The molecular formula is C11H25N3. The molecule has 3 heteroatoms. The summed E-state index contributed by atoms with van der Waals surface area (Å²) in [7, 11) is 0. The number of nitrogens with two attached hydrogens (primary N) is 2. The number of hydrogen-bond donors (Lipinski definition) is 2. The van der Waals surface area contributed by atoms with E-state index in [4.69, 9.17) is 11.5 Å². The minimum Gasteiger partial charge on any atom is -0.330 e. The van der Waals surface area contributed by atoms with E-state index in [9.17, 15) is 0 Å². The molecule has 0 aromatic carbocycles. The van der Waals surface area contributed by atoms with Gasteiger partial charge in [-0.05, 0) is 65.2 Å². The van der Waals surface area contributed by atoms with Crippen LogP contribution in [0.5, 0.6) is 0 Å². The van der Waals surface area contributed by atoms with E-state index in [0.29, 0.717) is 0 Å². The first-order valence-corrected chi connectivity index (χ1v) is 5.59. The van der Waals surface area contributed by atoms with Crippen LogP contribution in [0, 0.1) is 5.41 Å². The molecule has 0 aromatic rings. The molecule has 0 radical (unpaired) electrons. The third-order valence-electron chi connectivity index (χ3n) is 3.64. The van der Waals surface area contributed by atoms with Gasteiger partial charge >= 0.3 is 0 Å². The summed E-state index contributed by atoms with van der Waals surface area (Å²) in [5, 5.41) is 0. The Balaban J connectivity index is 2.53. The normalized spacial score (nSPS) is 23.8. The third-order valence-corrected chi connectivity index (χ3v) is 3.64. The summed E-state index contributed by atoms with van der Waals surface area (Å²) >= 11 is 0. The van der Waals surface area contributed by atoms with Crippen molar-refractivity contribution in [2.45, 2.75) is 39.2 Å². The van der Waals surface area contributed by atoms with Gasteiger partial charge in [0.25, 0.3) is 0 Å². The van der Waals surface area contributed by atoms with Gasteiger partial charge in [0.1, 0.15) is 0 Å². The van der Waals surface area contributed by atoms with Crippen molar-refractivity contribution in [3.63, 3.8) is 0 Å². The third kappa shape index (κ3) is 2.47. The maximum absolute atomic E-state index is 5.80. The molecule has 14 heavy (non-hydrogen) atoms.